The molecule has 1 atom stereocenters. The van der Waals surface area contributed by atoms with Crippen LogP contribution in [0.15, 0.2) is 66.9 Å². The van der Waals surface area contributed by atoms with E-state index in [1.807, 2.05) is 43.3 Å². The average molecular weight is 528 g/mol. The third kappa shape index (κ3) is 6.26. The number of fused-ring (bicyclic) bond motifs is 1. The van der Waals surface area contributed by atoms with Crippen LogP contribution in [0.1, 0.15) is 49.5 Å². The van der Waals surface area contributed by atoms with Gasteiger partial charge in [0.15, 0.2) is 5.78 Å². The Bertz CT molecular complexity index is 1480. The summed E-state index contributed by atoms with van der Waals surface area (Å²) in [6, 6.07) is 18.3. The van der Waals surface area contributed by atoms with Gasteiger partial charge in [-0.05, 0) is 49.1 Å². The van der Waals surface area contributed by atoms with Gasteiger partial charge in [0.2, 0.25) is 0 Å². The molecule has 0 bridgehead atoms. The van der Waals surface area contributed by atoms with Gasteiger partial charge in [-0.3, -0.25) is 4.79 Å². The fourth-order valence-corrected chi connectivity index (χ4v) is 4.53. The number of rotatable bonds is 10. The van der Waals surface area contributed by atoms with Crippen LogP contribution in [0.2, 0.25) is 0 Å². The van der Waals surface area contributed by atoms with Crippen LogP contribution in [0.3, 0.4) is 0 Å². The molecule has 1 aromatic heterocycles. The fraction of sp³-hybridized carbons (Fsp3) is 0.267. The van der Waals surface area contributed by atoms with Crippen LogP contribution in [-0.2, 0) is 30.7 Å². The highest BCUT2D eigenvalue weighted by Crippen LogP contribution is 2.34. The minimum Gasteiger partial charge on any atom is -0.507 e. The van der Waals surface area contributed by atoms with Gasteiger partial charge in [-0.15, -0.1) is 5.10 Å². The van der Waals surface area contributed by atoms with Crippen molar-refractivity contribution in [2.24, 2.45) is 0 Å². The number of hydrogen-bond donors (Lipinski definition) is 1. The molecule has 0 fully saturated rings. The minimum atomic E-state index is -0.541. The van der Waals surface area contributed by atoms with E-state index in [-0.39, 0.29) is 36.4 Å². The number of esters is 1. The quantitative estimate of drug-likeness (QED) is 0.237. The van der Waals surface area contributed by atoms with Gasteiger partial charge in [0.1, 0.15) is 47.8 Å². The molecule has 1 N–H and O–H groups in total. The van der Waals surface area contributed by atoms with Crippen molar-refractivity contribution >= 4 is 11.8 Å². The highest BCUT2D eigenvalue weighted by atomic mass is 16.5. The number of methoxy groups -OCH3 is 1. The highest BCUT2D eigenvalue weighted by Gasteiger charge is 2.30. The maximum atomic E-state index is 12.6. The number of aromatic nitrogens is 3. The van der Waals surface area contributed by atoms with Crippen molar-refractivity contribution in [2.45, 2.75) is 45.4 Å². The van der Waals surface area contributed by atoms with E-state index in [0.717, 1.165) is 23.3 Å². The third-order valence-electron chi connectivity index (χ3n) is 6.66. The number of carbonyl (C=O) groups is 2. The lowest BCUT2D eigenvalue weighted by atomic mass is 9.94. The van der Waals surface area contributed by atoms with Crippen molar-refractivity contribution in [3.8, 4) is 17.2 Å². The number of aryl methyl sites for hydroxylation is 2. The van der Waals surface area contributed by atoms with Crippen molar-refractivity contribution in [3.05, 3.63) is 100 Å². The molecule has 1 unspecified atom stereocenters. The van der Waals surface area contributed by atoms with Gasteiger partial charge < -0.3 is 19.3 Å². The molecular formula is C30H29N3O6. The fourth-order valence-electron chi connectivity index (χ4n) is 4.53. The molecule has 0 radical (unpaired) electrons. The number of cyclic esters (lactones) is 1. The van der Waals surface area contributed by atoms with E-state index >= 15 is 0 Å². The van der Waals surface area contributed by atoms with Crippen LogP contribution in [-0.4, -0.2) is 45.1 Å². The predicted octanol–water partition coefficient (Wildman–Crippen LogP) is 4.48. The van der Waals surface area contributed by atoms with Gasteiger partial charge in [0.05, 0.1) is 13.3 Å². The molecule has 39 heavy (non-hydrogen) atoms. The summed E-state index contributed by atoms with van der Waals surface area (Å²) in [4.78, 5) is 25.1. The van der Waals surface area contributed by atoms with Crippen molar-refractivity contribution in [1.82, 2.24) is 15.0 Å². The minimum absolute atomic E-state index is 0.0652. The summed E-state index contributed by atoms with van der Waals surface area (Å²) in [5, 5.41) is 18.6. The van der Waals surface area contributed by atoms with Crippen LogP contribution < -0.4 is 9.47 Å². The van der Waals surface area contributed by atoms with E-state index < -0.39 is 5.97 Å². The predicted molar refractivity (Wildman–Crippen MR) is 142 cm³/mol. The molecule has 9 nitrogen and oxygen atoms in total. The molecule has 0 saturated heterocycles. The number of hydrogen-bond acceptors (Lipinski definition) is 8. The van der Waals surface area contributed by atoms with Crippen molar-refractivity contribution in [1.29, 1.82) is 0 Å². The van der Waals surface area contributed by atoms with Crippen molar-refractivity contribution in [3.63, 3.8) is 0 Å². The molecule has 4 aromatic rings. The molecule has 0 amide bonds. The first-order valence-corrected chi connectivity index (χ1v) is 12.7. The van der Waals surface area contributed by atoms with Gasteiger partial charge in [-0.25, -0.2) is 9.48 Å². The summed E-state index contributed by atoms with van der Waals surface area (Å²) in [5.41, 5.74) is 4.18. The molecule has 0 aliphatic carbocycles. The molecular weight excluding hydrogens is 498 g/mol. The molecule has 1 aliphatic heterocycles. The summed E-state index contributed by atoms with van der Waals surface area (Å²) in [5.74, 6) is 0.397. The smallest absolute Gasteiger partial charge is 0.342 e. The summed E-state index contributed by atoms with van der Waals surface area (Å²) >= 11 is 0. The van der Waals surface area contributed by atoms with Gasteiger partial charge in [0.25, 0.3) is 0 Å². The largest absolute Gasteiger partial charge is 0.507 e. The standard InChI is InChI=1S/C30H29N3O6/c1-19-3-8-21(9-4-19)28(35)17-33-16-23(31-32-33)18-38-26-14-22-13-25(39-30(36)29(22)27(34)15-26)12-7-20-5-10-24(37-2)11-6-20/h3-6,8-11,14-16,25,34H,7,12-13,17-18H2,1-2H3. The Morgan fingerprint density at radius 1 is 1.10 bits per heavy atom. The van der Waals surface area contributed by atoms with Crippen molar-refractivity contribution < 1.29 is 28.9 Å². The van der Waals surface area contributed by atoms with Crippen LogP contribution >= 0.6 is 0 Å². The lowest BCUT2D eigenvalue weighted by molar-refractivity contribution is 0.0234. The van der Waals surface area contributed by atoms with E-state index in [1.165, 1.54) is 10.7 Å². The van der Waals surface area contributed by atoms with E-state index in [4.69, 9.17) is 14.2 Å². The van der Waals surface area contributed by atoms with Crippen LogP contribution in [0, 0.1) is 6.92 Å². The van der Waals surface area contributed by atoms with Gasteiger partial charge in [0, 0.05) is 18.1 Å². The highest BCUT2D eigenvalue weighted by molar-refractivity contribution is 5.96. The number of benzene rings is 3. The molecule has 9 heteroatoms. The molecule has 2 heterocycles. The molecule has 0 saturated carbocycles. The summed E-state index contributed by atoms with van der Waals surface area (Å²) in [7, 11) is 1.63. The lowest BCUT2D eigenvalue weighted by Crippen LogP contribution is -2.28. The Morgan fingerprint density at radius 3 is 2.62 bits per heavy atom. The van der Waals surface area contributed by atoms with Crippen LogP contribution in [0.4, 0.5) is 0 Å². The number of ether oxygens (including phenoxy) is 3. The maximum absolute atomic E-state index is 12.6. The maximum Gasteiger partial charge on any atom is 0.342 e. The second-order valence-corrected chi connectivity index (χ2v) is 9.58. The third-order valence-corrected chi connectivity index (χ3v) is 6.66. The number of carbonyl (C=O) groups excluding carboxylic acids is 2. The van der Waals surface area contributed by atoms with Crippen LogP contribution in [0.25, 0.3) is 0 Å². The van der Waals surface area contributed by atoms with E-state index in [0.29, 0.717) is 35.4 Å². The van der Waals surface area contributed by atoms with E-state index in [1.54, 1.807) is 31.5 Å². The monoisotopic (exact) mass is 527 g/mol. The molecule has 0 spiro atoms. The molecule has 3 aromatic carbocycles. The number of nitrogens with zero attached hydrogens (tertiary/aromatic N) is 3. The van der Waals surface area contributed by atoms with Crippen molar-refractivity contribution in [2.75, 3.05) is 7.11 Å². The zero-order valence-corrected chi connectivity index (χ0v) is 21.8. The second-order valence-electron chi connectivity index (χ2n) is 9.58. The Balaban J connectivity index is 1.19. The SMILES string of the molecule is COc1ccc(CCC2Cc3cc(OCc4cn(CC(=O)c5ccc(C)cc5)nn4)cc(O)c3C(=O)O2)cc1. The average Bonchev–Trinajstić information content (AvgIpc) is 3.38. The number of phenols is 1. The first kappa shape index (κ1) is 26.0. The molecule has 5 rings (SSSR count). The Morgan fingerprint density at radius 2 is 1.87 bits per heavy atom. The van der Waals surface area contributed by atoms with E-state index in [9.17, 15) is 14.7 Å². The first-order valence-electron chi connectivity index (χ1n) is 12.7. The Hall–Kier alpha value is -4.66. The second kappa shape index (κ2) is 11.4. The van der Waals surface area contributed by atoms with Gasteiger partial charge in [-0.1, -0.05) is 47.2 Å². The van der Waals surface area contributed by atoms with Gasteiger partial charge in [-0.2, -0.15) is 0 Å². The summed E-state index contributed by atoms with van der Waals surface area (Å²) < 4.78 is 18.1. The zero-order chi connectivity index (χ0) is 27.4. The molecule has 1 aliphatic rings. The summed E-state index contributed by atoms with van der Waals surface area (Å²) in [6.07, 6.45) is 3.19. The summed E-state index contributed by atoms with van der Waals surface area (Å²) in [6.45, 7) is 2.12. The van der Waals surface area contributed by atoms with Crippen LogP contribution in [0.5, 0.6) is 17.2 Å². The number of ketones is 1. The number of phenolic OH excluding ortho intramolecular Hbond substituents is 1. The zero-order valence-electron chi connectivity index (χ0n) is 21.8. The number of aromatic hydroxyl groups is 1. The number of Topliss-reactive ketones (excluding diaryl/α,β-unsaturated/α-hetero) is 1. The van der Waals surface area contributed by atoms with E-state index in [2.05, 4.69) is 10.3 Å². The first-order chi connectivity index (χ1) is 18.9. The Labute approximate surface area is 225 Å². The van der Waals surface area contributed by atoms with Gasteiger partial charge >= 0.3 is 5.97 Å². The Kier molecular flexibility index (Phi) is 7.58. The molecule has 200 valence electrons. The topological polar surface area (TPSA) is 113 Å². The lowest BCUT2D eigenvalue weighted by Gasteiger charge is -2.25. The normalized spacial score (nSPS) is 14.4.